The van der Waals surface area contributed by atoms with E-state index in [0.717, 1.165) is 4.88 Å². The third-order valence-corrected chi connectivity index (χ3v) is 2.97. The Kier molecular flexibility index (Phi) is 5.73. The fourth-order valence-electron chi connectivity index (χ4n) is 1.25. The number of aliphatic carboxylic acids is 1. The van der Waals surface area contributed by atoms with Crippen molar-refractivity contribution >= 4 is 29.2 Å². The Balaban J connectivity index is 2.38. The van der Waals surface area contributed by atoms with Crippen LogP contribution in [0.15, 0.2) is 11.7 Å². The van der Waals surface area contributed by atoms with Crippen molar-refractivity contribution in [3.63, 3.8) is 0 Å². The summed E-state index contributed by atoms with van der Waals surface area (Å²) in [6, 6.07) is -1.76. The largest absolute Gasteiger partial charge is 0.480 e. The first kappa shape index (κ1) is 14.9. The lowest BCUT2D eigenvalue weighted by Gasteiger charge is -2.14. The molecule has 0 bridgehead atoms. The number of aromatic nitrogens is 1. The van der Waals surface area contributed by atoms with Gasteiger partial charge in [0.2, 0.25) is 5.91 Å². The molecule has 1 atom stereocenters. The highest BCUT2D eigenvalue weighted by atomic mass is 32.1. The van der Waals surface area contributed by atoms with Crippen LogP contribution in [0.4, 0.5) is 4.79 Å². The van der Waals surface area contributed by atoms with Crippen LogP contribution in [0.25, 0.3) is 0 Å². The molecule has 0 radical (unpaired) electrons. The molecule has 19 heavy (non-hydrogen) atoms. The van der Waals surface area contributed by atoms with Crippen LogP contribution < -0.4 is 16.4 Å². The summed E-state index contributed by atoms with van der Waals surface area (Å²) in [7, 11) is 0. The molecule has 0 aliphatic rings. The molecule has 1 unspecified atom stereocenters. The molecule has 0 fully saturated rings. The third kappa shape index (κ3) is 5.82. The number of carboxylic acids is 1. The van der Waals surface area contributed by atoms with Gasteiger partial charge < -0.3 is 21.5 Å². The Morgan fingerprint density at radius 3 is 2.74 bits per heavy atom. The molecule has 104 valence electrons. The smallest absolute Gasteiger partial charge is 0.326 e. The predicted octanol–water partition coefficient (Wildman–Crippen LogP) is -0.339. The maximum atomic E-state index is 11.5. The first-order chi connectivity index (χ1) is 8.99. The van der Waals surface area contributed by atoms with Gasteiger partial charge in [0.05, 0.1) is 12.1 Å². The maximum Gasteiger partial charge on any atom is 0.326 e. The van der Waals surface area contributed by atoms with Gasteiger partial charge in [-0.3, -0.25) is 9.78 Å². The zero-order valence-electron chi connectivity index (χ0n) is 9.96. The maximum absolute atomic E-state index is 11.5. The van der Waals surface area contributed by atoms with Crippen molar-refractivity contribution in [1.82, 2.24) is 15.6 Å². The quantitative estimate of drug-likeness (QED) is 0.544. The number of carbonyl (C=O) groups excluding carboxylic acids is 2. The van der Waals surface area contributed by atoms with E-state index in [0.29, 0.717) is 0 Å². The molecule has 0 saturated heterocycles. The second kappa shape index (κ2) is 7.31. The topological polar surface area (TPSA) is 134 Å². The third-order valence-electron chi connectivity index (χ3n) is 2.19. The lowest BCUT2D eigenvalue weighted by Crippen LogP contribution is -2.46. The van der Waals surface area contributed by atoms with Crippen molar-refractivity contribution in [2.24, 2.45) is 5.73 Å². The summed E-state index contributed by atoms with van der Waals surface area (Å²) in [6.07, 6.45) is 1.46. The van der Waals surface area contributed by atoms with Crippen molar-refractivity contribution < 1.29 is 19.5 Å². The van der Waals surface area contributed by atoms with E-state index in [2.05, 4.69) is 15.6 Å². The molecular formula is C10H14N4O4S. The molecule has 0 spiro atoms. The highest BCUT2D eigenvalue weighted by molar-refractivity contribution is 7.09. The van der Waals surface area contributed by atoms with Crippen LogP contribution in [0.2, 0.25) is 0 Å². The van der Waals surface area contributed by atoms with Crippen LogP contribution in [0.5, 0.6) is 0 Å². The predicted molar refractivity (Wildman–Crippen MR) is 67.3 cm³/mol. The zero-order valence-corrected chi connectivity index (χ0v) is 10.8. The van der Waals surface area contributed by atoms with Crippen molar-refractivity contribution in [3.8, 4) is 0 Å². The van der Waals surface area contributed by atoms with E-state index < -0.39 is 23.9 Å². The van der Waals surface area contributed by atoms with Crippen LogP contribution in [0.3, 0.4) is 0 Å². The van der Waals surface area contributed by atoms with E-state index >= 15 is 0 Å². The molecule has 8 nitrogen and oxygen atoms in total. The molecule has 1 heterocycles. The minimum Gasteiger partial charge on any atom is -0.480 e. The van der Waals surface area contributed by atoms with E-state index in [1.807, 2.05) is 0 Å². The van der Waals surface area contributed by atoms with Gasteiger partial charge in [-0.15, -0.1) is 11.3 Å². The van der Waals surface area contributed by atoms with Crippen LogP contribution in [-0.2, 0) is 16.1 Å². The second-order valence-electron chi connectivity index (χ2n) is 3.69. The van der Waals surface area contributed by atoms with Gasteiger partial charge in [0, 0.05) is 17.5 Å². The Morgan fingerprint density at radius 2 is 2.21 bits per heavy atom. The van der Waals surface area contributed by atoms with Gasteiger partial charge in [0.1, 0.15) is 6.04 Å². The summed E-state index contributed by atoms with van der Waals surface area (Å²) in [5, 5.41) is 13.6. The van der Waals surface area contributed by atoms with Gasteiger partial charge in [-0.2, -0.15) is 0 Å². The molecule has 5 N–H and O–H groups in total. The van der Waals surface area contributed by atoms with Gasteiger partial charge in [-0.05, 0) is 6.42 Å². The Morgan fingerprint density at radius 1 is 1.47 bits per heavy atom. The number of nitrogens with two attached hydrogens (primary N) is 1. The summed E-state index contributed by atoms with van der Waals surface area (Å²) in [5.74, 6) is -1.83. The average Bonchev–Trinajstić information content (AvgIpc) is 2.84. The number of primary amides is 1. The molecule has 1 aromatic heterocycles. The van der Waals surface area contributed by atoms with E-state index in [9.17, 15) is 14.4 Å². The lowest BCUT2D eigenvalue weighted by atomic mass is 10.1. The van der Waals surface area contributed by atoms with E-state index in [1.165, 1.54) is 11.3 Å². The Bertz CT molecular complexity index is 448. The van der Waals surface area contributed by atoms with Crippen molar-refractivity contribution in [3.05, 3.63) is 16.6 Å². The SMILES string of the molecule is NC(=O)CCC(NC(=O)NCc1cncs1)C(=O)O. The molecule has 0 saturated carbocycles. The summed E-state index contributed by atoms with van der Waals surface area (Å²) < 4.78 is 0. The van der Waals surface area contributed by atoms with Gasteiger partial charge >= 0.3 is 12.0 Å². The van der Waals surface area contributed by atoms with Crippen LogP contribution in [0, 0.1) is 0 Å². The molecule has 9 heteroatoms. The van der Waals surface area contributed by atoms with Crippen molar-refractivity contribution in [1.29, 1.82) is 0 Å². The minimum atomic E-state index is -1.21. The number of carboxylic acid groups (broad SMARTS) is 1. The lowest BCUT2D eigenvalue weighted by molar-refractivity contribution is -0.139. The van der Waals surface area contributed by atoms with Gasteiger partial charge in [-0.25, -0.2) is 9.59 Å². The van der Waals surface area contributed by atoms with Crippen LogP contribution >= 0.6 is 11.3 Å². The Labute approximate surface area is 113 Å². The Hall–Kier alpha value is -2.16. The fraction of sp³-hybridized carbons (Fsp3) is 0.400. The molecule has 0 aliphatic heterocycles. The summed E-state index contributed by atoms with van der Waals surface area (Å²) >= 11 is 1.37. The number of nitrogens with zero attached hydrogens (tertiary/aromatic N) is 1. The minimum absolute atomic E-state index is 0.0430. The molecule has 1 rings (SSSR count). The number of urea groups is 1. The number of thiazole rings is 1. The molecule has 0 aliphatic carbocycles. The molecule has 0 aromatic carbocycles. The number of amides is 3. The summed E-state index contributed by atoms with van der Waals surface area (Å²) in [5.41, 5.74) is 6.56. The average molecular weight is 286 g/mol. The first-order valence-corrected chi connectivity index (χ1v) is 6.30. The van der Waals surface area contributed by atoms with E-state index in [1.54, 1.807) is 11.7 Å². The van der Waals surface area contributed by atoms with Crippen molar-refractivity contribution in [2.45, 2.75) is 25.4 Å². The molecular weight excluding hydrogens is 272 g/mol. The van der Waals surface area contributed by atoms with Gasteiger partial charge in [0.15, 0.2) is 0 Å². The number of rotatable bonds is 7. The normalized spacial score (nSPS) is 11.6. The monoisotopic (exact) mass is 286 g/mol. The van der Waals surface area contributed by atoms with Gasteiger partial charge in [0.25, 0.3) is 0 Å². The van der Waals surface area contributed by atoms with Crippen LogP contribution in [0.1, 0.15) is 17.7 Å². The van der Waals surface area contributed by atoms with E-state index in [-0.39, 0.29) is 19.4 Å². The number of hydrogen-bond donors (Lipinski definition) is 4. The number of nitrogens with one attached hydrogen (secondary N) is 2. The number of hydrogen-bond acceptors (Lipinski definition) is 5. The molecule has 1 aromatic rings. The van der Waals surface area contributed by atoms with Crippen LogP contribution in [-0.4, -0.2) is 34.0 Å². The van der Waals surface area contributed by atoms with E-state index in [4.69, 9.17) is 10.8 Å². The van der Waals surface area contributed by atoms with Crippen molar-refractivity contribution in [2.75, 3.05) is 0 Å². The fourth-order valence-corrected chi connectivity index (χ4v) is 1.78. The zero-order chi connectivity index (χ0) is 14.3. The summed E-state index contributed by atoms with van der Waals surface area (Å²) in [6.45, 7) is 0.263. The number of carbonyl (C=O) groups is 3. The highest BCUT2D eigenvalue weighted by Crippen LogP contribution is 2.04. The molecule has 3 amide bonds. The van der Waals surface area contributed by atoms with Gasteiger partial charge in [-0.1, -0.05) is 0 Å². The summed E-state index contributed by atoms with van der Waals surface area (Å²) in [4.78, 5) is 37.6. The first-order valence-electron chi connectivity index (χ1n) is 5.42. The highest BCUT2D eigenvalue weighted by Gasteiger charge is 2.20. The standard InChI is InChI=1S/C10H14N4O4S/c11-8(15)2-1-7(9(16)17)14-10(18)13-4-6-3-12-5-19-6/h3,5,7H,1-2,4H2,(H2,11,15)(H,16,17)(H2,13,14,18). The second-order valence-corrected chi connectivity index (χ2v) is 4.66.